The van der Waals surface area contributed by atoms with Gasteiger partial charge in [0.2, 0.25) is 5.82 Å². The molecule has 9 heteroatoms. The van der Waals surface area contributed by atoms with E-state index in [2.05, 4.69) is 15.1 Å². The Labute approximate surface area is 104 Å². The zero-order chi connectivity index (χ0) is 13.3. The lowest BCUT2D eigenvalue weighted by Crippen LogP contribution is -2.12. The Bertz CT molecular complexity index is 566. The minimum atomic E-state index is -4.61. The van der Waals surface area contributed by atoms with Gasteiger partial charge in [-0.05, 0) is 0 Å². The van der Waals surface area contributed by atoms with Crippen LogP contribution in [0.1, 0.15) is 5.82 Å². The van der Waals surface area contributed by atoms with E-state index in [1.54, 1.807) is 13.2 Å². The molecule has 0 fully saturated rings. The Morgan fingerprint density at radius 2 is 2.06 bits per heavy atom. The van der Waals surface area contributed by atoms with Gasteiger partial charge < -0.3 is 5.73 Å². The van der Waals surface area contributed by atoms with Gasteiger partial charge in [0.1, 0.15) is 10.8 Å². The fourth-order valence-corrected chi connectivity index (χ4v) is 2.05. The molecule has 0 bridgehead atoms. The topological polar surface area (TPSA) is 69.6 Å². The van der Waals surface area contributed by atoms with Gasteiger partial charge in [-0.1, -0.05) is 11.8 Å². The summed E-state index contributed by atoms with van der Waals surface area (Å²) in [5.41, 5.74) is 5.33. The molecule has 0 aromatic carbocycles. The second-order valence-electron chi connectivity index (χ2n) is 3.40. The molecule has 0 saturated carbocycles. The minimum absolute atomic E-state index is 0.128. The van der Waals surface area contributed by atoms with Crippen LogP contribution in [0.25, 0.3) is 0 Å². The van der Waals surface area contributed by atoms with Crippen LogP contribution >= 0.6 is 11.8 Å². The van der Waals surface area contributed by atoms with Crippen LogP contribution < -0.4 is 5.73 Å². The lowest BCUT2D eigenvalue weighted by atomic mass is 10.5. The van der Waals surface area contributed by atoms with Crippen LogP contribution in [0.2, 0.25) is 0 Å². The van der Waals surface area contributed by atoms with Gasteiger partial charge in [0.25, 0.3) is 0 Å². The van der Waals surface area contributed by atoms with Crippen molar-refractivity contribution >= 4 is 17.6 Å². The Balaban J connectivity index is 2.31. The van der Waals surface area contributed by atoms with Crippen molar-refractivity contribution in [2.75, 3.05) is 5.73 Å². The first-order chi connectivity index (χ1) is 8.34. The molecule has 0 spiro atoms. The fraction of sp³-hybridized carbons (Fsp3) is 0.222. The maximum Gasteiger partial charge on any atom is 0.451 e. The standard InChI is InChI=1S/C9H8F3N5S/c1-17-4-5(3-14-17)18-7-2-6(13)15-8(16-7)9(10,11)12/h2-4H,1H3,(H2,13,15,16). The molecule has 0 saturated heterocycles. The average Bonchev–Trinajstić information content (AvgIpc) is 2.61. The summed E-state index contributed by atoms with van der Waals surface area (Å²) in [6.07, 6.45) is -1.42. The highest BCUT2D eigenvalue weighted by atomic mass is 32.2. The molecule has 5 nitrogen and oxygen atoms in total. The molecule has 2 aromatic rings. The zero-order valence-corrected chi connectivity index (χ0v) is 9.96. The zero-order valence-electron chi connectivity index (χ0n) is 9.14. The number of anilines is 1. The van der Waals surface area contributed by atoms with Crippen LogP contribution in [0.5, 0.6) is 0 Å². The van der Waals surface area contributed by atoms with E-state index in [4.69, 9.17) is 5.73 Å². The fourth-order valence-electron chi connectivity index (χ4n) is 1.19. The molecule has 2 aromatic heterocycles. The molecule has 2 N–H and O–H groups in total. The number of rotatable bonds is 2. The number of hydrogen-bond acceptors (Lipinski definition) is 5. The summed E-state index contributed by atoms with van der Waals surface area (Å²) in [6, 6.07) is 1.28. The van der Waals surface area contributed by atoms with E-state index in [0.29, 0.717) is 4.90 Å². The molecule has 2 heterocycles. The SMILES string of the molecule is Cn1cc(Sc2cc(N)nc(C(F)(F)F)n2)cn1. The van der Waals surface area contributed by atoms with Crippen molar-refractivity contribution in [1.82, 2.24) is 19.7 Å². The van der Waals surface area contributed by atoms with Crippen LogP contribution in [-0.2, 0) is 13.2 Å². The third kappa shape index (κ3) is 2.92. The second kappa shape index (κ2) is 4.48. The van der Waals surface area contributed by atoms with Crippen molar-refractivity contribution in [3.63, 3.8) is 0 Å². The number of aryl methyl sites for hydroxylation is 1. The number of halogens is 3. The van der Waals surface area contributed by atoms with Crippen molar-refractivity contribution < 1.29 is 13.2 Å². The molecule has 96 valence electrons. The highest BCUT2D eigenvalue weighted by molar-refractivity contribution is 7.99. The van der Waals surface area contributed by atoms with E-state index >= 15 is 0 Å². The van der Waals surface area contributed by atoms with Gasteiger partial charge in [0.05, 0.1) is 11.1 Å². The summed E-state index contributed by atoms with van der Waals surface area (Å²) in [5.74, 6) is -1.46. The third-order valence-electron chi connectivity index (χ3n) is 1.88. The van der Waals surface area contributed by atoms with E-state index in [9.17, 15) is 13.2 Å². The van der Waals surface area contributed by atoms with Gasteiger partial charge in [0.15, 0.2) is 0 Å². The predicted octanol–water partition coefficient (Wildman–Crippen LogP) is 1.96. The number of nitrogens with zero attached hydrogens (tertiary/aromatic N) is 4. The number of hydrogen-bond donors (Lipinski definition) is 1. The molecule has 0 aliphatic rings. The summed E-state index contributed by atoms with van der Waals surface area (Å²) in [4.78, 5) is 7.25. The van der Waals surface area contributed by atoms with Crippen molar-refractivity contribution in [3.05, 3.63) is 24.3 Å². The largest absolute Gasteiger partial charge is 0.451 e. The lowest BCUT2D eigenvalue weighted by molar-refractivity contribution is -0.145. The molecule has 2 rings (SSSR count). The number of nitrogen functional groups attached to an aromatic ring is 1. The number of alkyl halides is 3. The van der Waals surface area contributed by atoms with Gasteiger partial charge in [0, 0.05) is 19.3 Å². The van der Waals surface area contributed by atoms with E-state index in [1.807, 2.05) is 0 Å². The Hall–Kier alpha value is -1.77. The monoisotopic (exact) mass is 275 g/mol. The highest BCUT2D eigenvalue weighted by Gasteiger charge is 2.35. The van der Waals surface area contributed by atoms with Crippen molar-refractivity contribution in [3.8, 4) is 0 Å². The number of nitrogens with two attached hydrogens (primary N) is 1. The van der Waals surface area contributed by atoms with E-state index in [0.717, 1.165) is 11.8 Å². The normalized spacial score (nSPS) is 11.8. The molecular formula is C9H8F3N5S. The van der Waals surface area contributed by atoms with Crippen LogP contribution in [0.3, 0.4) is 0 Å². The molecule has 0 radical (unpaired) electrons. The van der Waals surface area contributed by atoms with Gasteiger partial charge >= 0.3 is 6.18 Å². The molecule has 0 amide bonds. The first-order valence-corrected chi connectivity index (χ1v) is 5.54. The Morgan fingerprint density at radius 3 is 2.61 bits per heavy atom. The summed E-state index contributed by atoms with van der Waals surface area (Å²) in [6.45, 7) is 0. The van der Waals surface area contributed by atoms with Crippen molar-refractivity contribution in [1.29, 1.82) is 0 Å². The first kappa shape index (κ1) is 12.7. The first-order valence-electron chi connectivity index (χ1n) is 4.73. The highest BCUT2D eigenvalue weighted by Crippen LogP contribution is 2.31. The quantitative estimate of drug-likeness (QED) is 0.848. The van der Waals surface area contributed by atoms with E-state index < -0.39 is 12.0 Å². The maximum absolute atomic E-state index is 12.5. The summed E-state index contributed by atoms with van der Waals surface area (Å²) < 4.78 is 39.0. The average molecular weight is 275 g/mol. The van der Waals surface area contributed by atoms with Crippen LogP contribution in [0.15, 0.2) is 28.4 Å². The molecule has 0 atom stereocenters. The summed E-state index contributed by atoms with van der Waals surface area (Å²) in [5, 5.41) is 4.03. The van der Waals surface area contributed by atoms with Crippen LogP contribution in [-0.4, -0.2) is 19.7 Å². The van der Waals surface area contributed by atoms with Crippen molar-refractivity contribution in [2.45, 2.75) is 16.1 Å². The van der Waals surface area contributed by atoms with Gasteiger partial charge in [-0.3, -0.25) is 4.68 Å². The smallest absolute Gasteiger partial charge is 0.384 e. The van der Waals surface area contributed by atoms with E-state index in [-0.39, 0.29) is 10.8 Å². The van der Waals surface area contributed by atoms with Gasteiger partial charge in [-0.25, -0.2) is 9.97 Å². The van der Waals surface area contributed by atoms with Crippen LogP contribution in [0, 0.1) is 0 Å². The van der Waals surface area contributed by atoms with Gasteiger partial charge in [-0.15, -0.1) is 0 Å². The van der Waals surface area contributed by atoms with Crippen LogP contribution in [0.4, 0.5) is 19.0 Å². The second-order valence-corrected chi connectivity index (χ2v) is 4.50. The summed E-state index contributed by atoms with van der Waals surface area (Å²) >= 11 is 1.04. The molecule has 18 heavy (non-hydrogen) atoms. The number of aromatic nitrogens is 4. The molecular weight excluding hydrogens is 267 g/mol. The van der Waals surface area contributed by atoms with Gasteiger partial charge in [-0.2, -0.15) is 18.3 Å². The minimum Gasteiger partial charge on any atom is -0.384 e. The summed E-state index contributed by atoms with van der Waals surface area (Å²) in [7, 11) is 1.71. The Kier molecular flexibility index (Phi) is 3.16. The third-order valence-corrected chi connectivity index (χ3v) is 2.74. The maximum atomic E-state index is 12.5. The molecule has 0 unspecified atom stereocenters. The molecule has 0 aliphatic heterocycles. The Morgan fingerprint density at radius 1 is 1.33 bits per heavy atom. The van der Waals surface area contributed by atoms with E-state index in [1.165, 1.54) is 16.9 Å². The molecule has 0 aliphatic carbocycles. The predicted molar refractivity (Wildman–Crippen MR) is 58.8 cm³/mol. The lowest BCUT2D eigenvalue weighted by Gasteiger charge is -2.07. The van der Waals surface area contributed by atoms with Crippen molar-refractivity contribution in [2.24, 2.45) is 7.05 Å².